The van der Waals surface area contributed by atoms with Crippen molar-refractivity contribution in [3.05, 3.63) is 63.7 Å². The molecule has 0 fully saturated rings. The lowest BCUT2D eigenvalue weighted by atomic mass is 10.2. The van der Waals surface area contributed by atoms with Crippen LogP contribution in [0.3, 0.4) is 0 Å². The van der Waals surface area contributed by atoms with Crippen LogP contribution in [0.15, 0.2) is 52.3 Å². The van der Waals surface area contributed by atoms with Gasteiger partial charge >= 0.3 is 11.5 Å². The molecule has 0 spiro atoms. The molecule has 0 radical (unpaired) electrons. The number of carboxylic acids is 1. The van der Waals surface area contributed by atoms with Crippen LogP contribution in [0.25, 0.3) is 0 Å². The zero-order valence-electron chi connectivity index (χ0n) is 13.5. The van der Waals surface area contributed by atoms with Crippen molar-refractivity contribution in [3.63, 3.8) is 0 Å². The van der Waals surface area contributed by atoms with Gasteiger partial charge in [0.1, 0.15) is 0 Å². The lowest BCUT2D eigenvalue weighted by molar-refractivity contribution is -0.384. The zero-order valence-corrected chi connectivity index (χ0v) is 15.2. The average molecular weight is 437 g/mol. The minimum Gasteiger partial charge on any atom is -0.478 e. The van der Waals surface area contributed by atoms with E-state index in [0.29, 0.717) is 17.7 Å². The Hall–Kier alpha value is -2.80. The SMILES string of the molecule is O=C(O)c1cc(S(=O)Cc2ccc([N+](=O)[O-])cc2)cc(S(=O)(=O)C(F)(F)F)c1. The van der Waals surface area contributed by atoms with Gasteiger partial charge in [0.25, 0.3) is 15.5 Å². The lowest BCUT2D eigenvalue weighted by Crippen LogP contribution is -2.23. The van der Waals surface area contributed by atoms with Crippen molar-refractivity contribution in [2.45, 2.75) is 21.1 Å². The summed E-state index contributed by atoms with van der Waals surface area (Å²) in [7, 11) is -7.96. The summed E-state index contributed by atoms with van der Waals surface area (Å²) in [5.41, 5.74) is -6.37. The summed E-state index contributed by atoms with van der Waals surface area (Å²) in [6.07, 6.45) is 0. The number of nitro groups is 1. The van der Waals surface area contributed by atoms with E-state index in [1.807, 2.05) is 0 Å². The van der Waals surface area contributed by atoms with Crippen LogP contribution in [0.2, 0.25) is 0 Å². The molecule has 0 saturated carbocycles. The molecule has 0 bridgehead atoms. The van der Waals surface area contributed by atoms with Crippen molar-refractivity contribution in [1.29, 1.82) is 0 Å². The molecule has 2 aromatic carbocycles. The molecular weight excluding hydrogens is 427 g/mol. The van der Waals surface area contributed by atoms with Gasteiger partial charge in [-0.25, -0.2) is 13.2 Å². The van der Waals surface area contributed by atoms with E-state index in [4.69, 9.17) is 5.11 Å². The number of nitrogens with zero attached hydrogens (tertiary/aromatic N) is 1. The number of hydrogen-bond donors (Lipinski definition) is 1. The van der Waals surface area contributed by atoms with Crippen molar-refractivity contribution < 1.29 is 40.6 Å². The van der Waals surface area contributed by atoms with E-state index < -0.39 is 52.4 Å². The Morgan fingerprint density at radius 1 is 1.14 bits per heavy atom. The molecule has 1 unspecified atom stereocenters. The average Bonchev–Trinajstić information content (AvgIpc) is 2.60. The van der Waals surface area contributed by atoms with E-state index in [1.54, 1.807) is 0 Å². The van der Waals surface area contributed by atoms with Crippen LogP contribution < -0.4 is 0 Å². The third-order valence-corrected chi connectivity index (χ3v) is 6.27. The van der Waals surface area contributed by atoms with Crippen LogP contribution in [0.4, 0.5) is 18.9 Å². The number of hydrogen-bond acceptors (Lipinski definition) is 6. The van der Waals surface area contributed by atoms with Crippen LogP contribution in [-0.2, 0) is 26.4 Å². The van der Waals surface area contributed by atoms with Crippen LogP contribution in [0, 0.1) is 10.1 Å². The van der Waals surface area contributed by atoms with Crippen LogP contribution in [0.5, 0.6) is 0 Å². The third-order valence-electron chi connectivity index (χ3n) is 3.45. The highest BCUT2D eigenvalue weighted by Gasteiger charge is 2.47. The van der Waals surface area contributed by atoms with Gasteiger partial charge in [0.2, 0.25) is 0 Å². The standard InChI is InChI=1S/C15H10F3NO7S2/c16-15(17,18)28(25,26)13-6-10(14(20)21)5-12(7-13)27(24)8-9-1-3-11(4-2-9)19(22)23/h1-7H,8H2,(H,20,21). The number of halogens is 3. The maximum absolute atomic E-state index is 12.8. The maximum atomic E-state index is 12.8. The summed E-state index contributed by atoms with van der Waals surface area (Å²) in [5.74, 6) is -2.03. The number of carbonyl (C=O) groups is 1. The quantitative estimate of drug-likeness (QED) is 0.543. The molecule has 1 N–H and O–H groups in total. The predicted octanol–water partition coefficient (Wildman–Crippen LogP) is 2.89. The first-order valence-electron chi connectivity index (χ1n) is 7.14. The van der Waals surface area contributed by atoms with Crippen molar-refractivity contribution in [3.8, 4) is 0 Å². The molecule has 0 amide bonds. The molecule has 28 heavy (non-hydrogen) atoms. The second-order valence-corrected chi connectivity index (χ2v) is 8.75. The van der Waals surface area contributed by atoms with E-state index in [9.17, 15) is 40.7 Å². The summed E-state index contributed by atoms with van der Waals surface area (Å²) in [6.45, 7) is 0. The molecule has 8 nitrogen and oxygen atoms in total. The molecule has 0 saturated heterocycles. The normalized spacial score (nSPS) is 13.1. The summed E-state index contributed by atoms with van der Waals surface area (Å²) in [6, 6.07) is 6.42. The Kier molecular flexibility index (Phi) is 5.89. The molecule has 0 aliphatic heterocycles. The second-order valence-electron chi connectivity index (χ2n) is 5.36. The van der Waals surface area contributed by atoms with Gasteiger partial charge in [0.15, 0.2) is 0 Å². The van der Waals surface area contributed by atoms with Crippen LogP contribution in [-0.4, -0.2) is 34.1 Å². The summed E-state index contributed by atoms with van der Waals surface area (Å²) < 4.78 is 73.9. The minimum atomic E-state index is -5.85. The predicted molar refractivity (Wildman–Crippen MR) is 89.9 cm³/mol. The smallest absolute Gasteiger partial charge is 0.478 e. The molecule has 2 rings (SSSR count). The number of benzene rings is 2. The van der Waals surface area contributed by atoms with Gasteiger partial charge in [-0.3, -0.25) is 14.3 Å². The largest absolute Gasteiger partial charge is 0.501 e. The van der Waals surface area contributed by atoms with Crippen molar-refractivity contribution in [1.82, 2.24) is 0 Å². The number of rotatable bonds is 6. The Morgan fingerprint density at radius 3 is 2.18 bits per heavy atom. The molecule has 150 valence electrons. The molecule has 13 heteroatoms. The van der Waals surface area contributed by atoms with Gasteiger partial charge in [-0.2, -0.15) is 13.2 Å². The van der Waals surface area contributed by atoms with Gasteiger partial charge in [0, 0.05) is 17.0 Å². The van der Waals surface area contributed by atoms with Crippen molar-refractivity contribution >= 4 is 32.3 Å². The number of aromatic carboxylic acids is 1. The number of nitro benzene ring substituents is 1. The molecule has 0 heterocycles. The highest BCUT2D eigenvalue weighted by atomic mass is 32.2. The number of alkyl halides is 3. The van der Waals surface area contributed by atoms with Gasteiger partial charge in [-0.15, -0.1) is 0 Å². The Labute approximate surface area is 158 Å². The third kappa shape index (κ3) is 4.54. The van der Waals surface area contributed by atoms with E-state index in [1.165, 1.54) is 12.1 Å². The summed E-state index contributed by atoms with van der Waals surface area (Å²) in [5, 5.41) is 19.6. The highest BCUT2D eigenvalue weighted by Crippen LogP contribution is 2.32. The number of sulfone groups is 1. The van der Waals surface area contributed by atoms with Crippen LogP contribution in [0.1, 0.15) is 15.9 Å². The maximum Gasteiger partial charge on any atom is 0.501 e. The molecule has 0 aromatic heterocycles. The van der Waals surface area contributed by atoms with Gasteiger partial charge < -0.3 is 5.11 Å². The fourth-order valence-corrected chi connectivity index (χ4v) is 4.15. The molecule has 0 aliphatic carbocycles. The zero-order chi connectivity index (χ0) is 21.3. The fraction of sp³-hybridized carbons (Fsp3) is 0.133. The minimum absolute atomic E-state index is 0.235. The first-order chi connectivity index (χ1) is 12.8. The van der Waals surface area contributed by atoms with Gasteiger partial charge in [-0.05, 0) is 23.8 Å². The monoisotopic (exact) mass is 437 g/mol. The Morgan fingerprint density at radius 2 is 1.71 bits per heavy atom. The lowest BCUT2D eigenvalue weighted by Gasteiger charge is -2.11. The van der Waals surface area contributed by atoms with E-state index in [0.717, 1.165) is 18.2 Å². The van der Waals surface area contributed by atoms with E-state index in [2.05, 4.69) is 0 Å². The van der Waals surface area contributed by atoms with E-state index >= 15 is 0 Å². The van der Waals surface area contributed by atoms with Crippen molar-refractivity contribution in [2.24, 2.45) is 0 Å². The topological polar surface area (TPSA) is 132 Å². The summed E-state index contributed by atoms with van der Waals surface area (Å²) >= 11 is 0. The van der Waals surface area contributed by atoms with Crippen molar-refractivity contribution in [2.75, 3.05) is 0 Å². The van der Waals surface area contributed by atoms with E-state index in [-0.39, 0.29) is 11.4 Å². The molecular formula is C15H10F3NO7S2. The highest BCUT2D eigenvalue weighted by molar-refractivity contribution is 7.92. The number of carboxylic acid groups (broad SMARTS) is 1. The molecule has 1 atom stereocenters. The van der Waals surface area contributed by atoms with Gasteiger partial charge in [-0.1, -0.05) is 12.1 Å². The fourth-order valence-electron chi connectivity index (χ4n) is 2.06. The number of non-ortho nitro benzene ring substituents is 1. The van der Waals surface area contributed by atoms with Gasteiger partial charge in [0.05, 0.1) is 31.9 Å². The molecule has 2 aromatic rings. The Balaban J connectivity index is 2.45. The Bertz CT molecular complexity index is 1060. The molecule has 0 aliphatic rings. The summed E-state index contributed by atoms with van der Waals surface area (Å²) in [4.78, 5) is 19.3. The second kappa shape index (κ2) is 7.67. The first kappa shape index (κ1) is 21.5. The van der Waals surface area contributed by atoms with Crippen LogP contribution >= 0.6 is 0 Å². The first-order valence-corrected chi connectivity index (χ1v) is 9.94.